The maximum Gasteiger partial charge on any atom is 0.234 e. The van der Waals surface area contributed by atoms with Gasteiger partial charge in [0.1, 0.15) is 5.82 Å². The zero-order valence-electron chi connectivity index (χ0n) is 8.30. The van der Waals surface area contributed by atoms with Crippen molar-refractivity contribution >= 4 is 27.7 Å². The van der Waals surface area contributed by atoms with Crippen LogP contribution in [0.15, 0.2) is 22.7 Å². The van der Waals surface area contributed by atoms with Crippen LogP contribution >= 0.6 is 15.9 Å². The van der Waals surface area contributed by atoms with Crippen molar-refractivity contribution in [3.8, 4) is 0 Å². The normalized spacial score (nSPS) is 20.8. The van der Waals surface area contributed by atoms with Crippen LogP contribution in [0, 0.1) is 5.82 Å². The molecule has 3 nitrogen and oxygen atoms in total. The van der Waals surface area contributed by atoms with Crippen molar-refractivity contribution in [2.24, 2.45) is 0 Å². The molecule has 1 saturated heterocycles. The molecule has 1 N–H and O–H groups in total. The van der Waals surface area contributed by atoms with Gasteiger partial charge in [-0.2, -0.15) is 0 Å². The van der Waals surface area contributed by atoms with E-state index in [2.05, 4.69) is 21.2 Å². The van der Waals surface area contributed by atoms with E-state index in [1.165, 1.54) is 6.07 Å². The van der Waals surface area contributed by atoms with Crippen LogP contribution in [0.2, 0.25) is 0 Å². The van der Waals surface area contributed by atoms with Crippen LogP contribution in [-0.2, 0) is 9.59 Å². The molecule has 1 aliphatic heterocycles. The van der Waals surface area contributed by atoms with E-state index in [-0.39, 0.29) is 12.3 Å². The van der Waals surface area contributed by atoms with Gasteiger partial charge in [-0.3, -0.25) is 14.9 Å². The van der Waals surface area contributed by atoms with Gasteiger partial charge in [0, 0.05) is 16.5 Å². The summed E-state index contributed by atoms with van der Waals surface area (Å²) in [6, 6.07) is 4.46. The molecule has 0 saturated carbocycles. The highest BCUT2D eigenvalue weighted by Crippen LogP contribution is 2.28. The van der Waals surface area contributed by atoms with E-state index in [1.54, 1.807) is 12.1 Å². The fraction of sp³-hybridized carbons (Fsp3) is 0.273. The summed E-state index contributed by atoms with van der Waals surface area (Å²) < 4.78 is 14.3. The van der Waals surface area contributed by atoms with Crippen LogP contribution in [0.5, 0.6) is 0 Å². The predicted octanol–water partition coefficient (Wildman–Crippen LogP) is 2.11. The van der Waals surface area contributed by atoms with Crippen LogP contribution in [0.4, 0.5) is 4.39 Å². The van der Waals surface area contributed by atoms with E-state index < -0.39 is 17.6 Å². The highest BCUT2D eigenvalue weighted by Gasteiger charge is 2.29. The van der Waals surface area contributed by atoms with E-state index in [0.717, 1.165) is 0 Å². The Bertz CT molecular complexity index is 461. The molecule has 1 aromatic rings. The second-order valence-electron chi connectivity index (χ2n) is 3.67. The molecular formula is C11H9BrFNO2. The molecule has 1 atom stereocenters. The van der Waals surface area contributed by atoms with Gasteiger partial charge in [0.05, 0.1) is 5.92 Å². The second-order valence-corrected chi connectivity index (χ2v) is 4.59. The SMILES string of the molecule is O=C1CCC(c2cc(Br)ccc2F)C(=O)N1. The molecule has 0 bridgehead atoms. The Morgan fingerprint density at radius 2 is 2.12 bits per heavy atom. The minimum Gasteiger partial charge on any atom is -0.296 e. The summed E-state index contributed by atoms with van der Waals surface area (Å²) in [6.07, 6.45) is 0.612. The van der Waals surface area contributed by atoms with Crippen LogP contribution < -0.4 is 5.32 Å². The second kappa shape index (κ2) is 4.33. The Hall–Kier alpha value is -1.23. The van der Waals surface area contributed by atoms with E-state index in [9.17, 15) is 14.0 Å². The average molecular weight is 286 g/mol. The minimum atomic E-state index is -0.574. The third-order valence-corrected chi connectivity index (χ3v) is 3.07. The number of hydrogen-bond acceptors (Lipinski definition) is 2. The average Bonchev–Trinajstić information content (AvgIpc) is 2.22. The summed E-state index contributed by atoms with van der Waals surface area (Å²) in [6.45, 7) is 0. The topological polar surface area (TPSA) is 46.2 Å². The maximum atomic E-state index is 13.5. The molecule has 0 aromatic heterocycles. The molecular weight excluding hydrogens is 277 g/mol. The Labute approximate surface area is 100 Å². The van der Waals surface area contributed by atoms with Gasteiger partial charge in [-0.25, -0.2) is 4.39 Å². The molecule has 84 valence electrons. The Kier molecular flexibility index (Phi) is 3.05. The van der Waals surface area contributed by atoms with E-state index in [0.29, 0.717) is 16.5 Å². The van der Waals surface area contributed by atoms with Crippen molar-refractivity contribution in [3.05, 3.63) is 34.1 Å². The predicted molar refractivity (Wildman–Crippen MR) is 59.2 cm³/mol. The van der Waals surface area contributed by atoms with Crippen LogP contribution in [-0.4, -0.2) is 11.8 Å². The summed E-state index contributed by atoms with van der Waals surface area (Å²) in [5, 5.41) is 2.21. The standard InChI is InChI=1S/C11H9BrFNO2/c12-6-1-3-9(13)8(5-6)7-2-4-10(15)14-11(7)16/h1,3,5,7H,2,4H2,(H,14,15,16). The Balaban J connectivity index is 2.33. The number of nitrogens with one attached hydrogen (secondary N) is 1. The van der Waals surface area contributed by atoms with Gasteiger partial charge in [-0.15, -0.1) is 0 Å². The van der Waals surface area contributed by atoms with Gasteiger partial charge in [0.2, 0.25) is 11.8 Å². The molecule has 2 amide bonds. The molecule has 1 fully saturated rings. The number of halogens is 2. The molecule has 0 aliphatic carbocycles. The molecule has 0 radical (unpaired) electrons. The fourth-order valence-corrected chi connectivity index (χ4v) is 2.15. The third kappa shape index (κ3) is 2.14. The lowest BCUT2D eigenvalue weighted by Gasteiger charge is -2.21. The van der Waals surface area contributed by atoms with E-state index in [4.69, 9.17) is 0 Å². The van der Waals surface area contributed by atoms with Gasteiger partial charge in [-0.1, -0.05) is 15.9 Å². The molecule has 1 heterocycles. The number of benzene rings is 1. The number of hydrogen-bond donors (Lipinski definition) is 1. The number of piperidine rings is 1. The summed E-state index contributed by atoms with van der Waals surface area (Å²) in [5.74, 6) is -1.71. The number of carbonyl (C=O) groups is 2. The summed E-state index contributed by atoms with van der Waals surface area (Å²) in [5.41, 5.74) is 0.333. The maximum absolute atomic E-state index is 13.5. The van der Waals surface area contributed by atoms with Crippen molar-refractivity contribution in [3.63, 3.8) is 0 Å². The summed E-state index contributed by atoms with van der Waals surface area (Å²) >= 11 is 3.23. The number of amides is 2. The van der Waals surface area contributed by atoms with Gasteiger partial charge in [-0.05, 0) is 24.6 Å². The quantitative estimate of drug-likeness (QED) is 0.804. The van der Waals surface area contributed by atoms with Crippen molar-refractivity contribution in [2.45, 2.75) is 18.8 Å². The van der Waals surface area contributed by atoms with E-state index >= 15 is 0 Å². The number of imide groups is 1. The van der Waals surface area contributed by atoms with Gasteiger partial charge < -0.3 is 0 Å². The molecule has 1 unspecified atom stereocenters. The lowest BCUT2D eigenvalue weighted by molar-refractivity contribution is -0.134. The van der Waals surface area contributed by atoms with Crippen molar-refractivity contribution in [1.29, 1.82) is 0 Å². The van der Waals surface area contributed by atoms with Crippen LogP contribution in [0.1, 0.15) is 24.3 Å². The smallest absolute Gasteiger partial charge is 0.234 e. The fourth-order valence-electron chi connectivity index (χ4n) is 1.77. The Morgan fingerprint density at radius 3 is 2.81 bits per heavy atom. The first-order chi connectivity index (χ1) is 7.58. The van der Waals surface area contributed by atoms with Crippen molar-refractivity contribution in [2.75, 3.05) is 0 Å². The van der Waals surface area contributed by atoms with Gasteiger partial charge >= 0.3 is 0 Å². The van der Waals surface area contributed by atoms with Crippen LogP contribution in [0.25, 0.3) is 0 Å². The lowest BCUT2D eigenvalue weighted by Crippen LogP contribution is -2.39. The number of carbonyl (C=O) groups excluding carboxylic acids is 2. The lowest BCUT2D eigenvalue weighted by atomic mass is 9.90. The first kappa shape index (κ1) is 11.3. The third-order valence-electron chi connectivity index (χ3n) is 2.57. The van der Waals surface area contributed by atoms with Gasteiger partial charge in [0.25, 0.3) is 0 Å². The molecule has 1 aliphatic rings. The molecule has 5 heteroatoms. The van der Waals surface area contributed by atoms with Gasteiger partial charge in [0.15, 0.2) is 0 Å². The number of rotatable bonds is 1. The Morgan fingerprint density at radius 1 is 1.38 bits per heavy atom. The first-order valence-electron chi connectivity index (χ1n) is 4.86. The monoisotopic (exact) mass is 285 g/mol. The van der Waals surface area contributed by atoms with E-state index in [1.807, 2.05) is 0 Å². The molecule has 1 aromatic carbocycles. The minimum absolute atomic E-state index is 0.252. The first-order valence-corrected chi connectivity index (χ1v) is 5.66. The zero-order chi connectivity index (χ0) is 11.7. The highest BCUT2D eigenvalue weighted by molar-refractivity contribution is 9.10. The molecule has 2 rings (SSSR count). The van der Waals surface area contributed by atoms with Crippen molar-refractivity contribution in [1.82, 2.24) is 5.32 Å². The largest absolute Gasteiger partial charge is 0.296 e. The zero-order valence-corrected chi connectivity index (χ0v) is 9.88. The van der Waals surface area contributed by atoms with Crippen molar-refractivity contribution < 1.29 is 14.0 Å². The van der Waals surface area contributed by atoms with Crippen LogP contribution in [0.3, 0.4) is 0 Å². The highest BCUT2D eigenvalue weighted by atomic mass is 79.9. The molecule has 16 heavy (non-hydrogen) atoms. The summed E-state index contributed by atoms with van der Waals surface area (Å²) in [7, 11) is 0. The summed E-state index contributed by atoms with van der Waals surface area (Å²) in [4.78, 5) is 22.5. The molecule has 0 spiro atoms.